The lowest BCUT2D eigenvalue weighted by Crippen LogP contribution is -1.95. The van der Waals surface area contributed by atoms with Crippen molar-refractivity contribution in [3.8, 4) is 11.4 Å². The summed E-state index contributed by atoms with van der Waals surface area (Å²) in [5.41, 5.74) is 1.12. The number of hydrogen-bond donors (Lipinski definition) is 0. The second-order valence-electron chi connectivity index (χ2n) is 3.61. The Morgan fingerprint density at radius 1 is 1.17 bits per heavy atom. The summed E-state index contributed by atoms with van der Waals surface area (Å²) >= 11 is 9.06. The normalized spacial score (nSPS) is 11.1. The molecule has 3 rings (SSSR count). The van der Waals surface area contributed by atoms with Gasteiger partial charge in [0.15, 0.2) is 11.5 Å². The molecule has 0 aliphatic carbocycles. The zero-order valence-corrected chi connectivity index (χ0v) is 11.2. The Kier molecular flexibility index (Phi) is 2.76. The van der Waals surface area contributed by atoms with Gasteiger partial charge in [-0.1, -0.05) is 27.5 Å². The standard InChI is InChI=1S/C11H5BrClFN4/c12-7-3-6(4-8(14)5-7)11-16-15-10-2-1-9(13)17-18(10)11/h1-5H. The zero-order chi connectivity index (χ0) is 12.7. The number of rotatable bonds is 1. The van der Waals surface area contributed by atoms with Crippen molar-refractivity contribution in [2.24, 2.45) is 0 Å². The third kappa shape index (κ3) is 1.97. The predicted molar refractivity (Wildman–Crippen MR) is 68.9 cm³/mol. The maximum absolute atomic E-state index is 13.4. The molecular formula is C11H5BrClFN4. The molecule has 0 bridgehead atoms. The van der Waals surface area contributed by atoms with Crippen molar-refractivity contribution in [1.82, 2.24) is 19.8 Å². The van der Waals surface area contributed by atoms with Crippen LogP contribution in [0, 0.1) is 5.82 Å². The molecule has 2 aromatic heterocycles. The monoisotopic (exact) mass is 326 g/mol. The van der Waals surface area contributed by atoms with E-state index in [4.69, 9.17) is 11.6 Å². The Morgan fingerprint density at radius 3 is 2.78 bits per heavy atom. The molecular weight excluding hydrogens is 323 g/mol. The summed E-state index contributed by atoms with van der Waals surface area (Å²) in [4.78, 5) is 0. The van der Waals surface area contributed by atoms with Gasteiger partial charge in [-0.15, -0.1) is 10.2 Å². The van der Waals surface area contributed by atoms with Crippen molar-refractivity contribution in [1.29, 1.82) is 0 Å². The molecule has 0 unspecified atom stereocenters. The topological polar surface area (TPSA) is 43.1 Å². The molecule has 2 heterocycles. The van der Waals surface area contributed by atoms with Crippen LogP contribution in [-0.2, 0) is 0 Å². The van der Waals surface area contributed by atoms with Gasteiger partial charge in [-0.3, -0.25) is 0 Å². The number of benzene rings is 1. The summed E-state index contributed by atoms with van der Waals surface area (Å²) in [7, 11) is 0. The van der Waals surface area contributed by atoms with E-state index < -0.39 is 0 Å². The Hall–Kier alpha value is -1.53. The highest BCUT2D eigenvalue weighted by Gasteiger charge is 2.11. The summed E-state index contributed by atoms with van der Waals surface area (Å²) < 4.78 is 15.5. The second-order valence-corrected chi connectivity index (χ2v) is 4.91. The van der Waals surface area contributed by atoms with Gasteiger partial charge in [-0.05, 0) is 30.3 Å². The summed E-state index contributed by atoms with van der Waals surface area (Å²) in [6, 6.07) is 7.79. The van der Waals surface area contributed by atoms with Crippen molar-refractivity contribution in [3.63, 3.8) is 0 Å². The fourth-order valence-electron chi connectivity index (χ4n) is 1.63. The molecule has 18 heavy (non-hydrogen) atoms. The van der Waals surface area contributed by atoms with Crippen LogP contribution in [0.4, 0.5) is 4.39 Å². The number of halogens is 3. The first kappa shape index (κ1) is 11.6. The van der Waals surface area contributed by atoms with Gasteiger partial charge >= 0.3 is 0 Å². The van der Waals surface area contributed by atoms with Crippen molar-refractivity contribution in [2.45, 2.75) is 0 Å². The minimum absolute atomic E-state index is 0.319. The molecule has 0 saturated carbocycles. The Morgan fingerprint density at radius 2 is 2.00 bits per heavy atom. The molecule has 1 aromatic carbocycles. The quantitative estimate of drug-likeness (QED) is 0.688. The minimum Gasteiger partial charge on any atom is -0.207 e. The highest BCUT2D eigenvalue weighted by Crippen LogP contribution is 2.23. The van der Waals surface area contributed by atoms with Gasteiger partial charge in [-0.2, -0.15) is 9.61 Å². The van der Waals surface area contributed by atoms with Gasteiger partial charge in [0, 0.05) is 10.0 Å². The molecule has 0 spiro atoms. The number of aromatic nitrogens is 4. The average molecular weight is 328 g/mol. The van der Waals surface area contributed by atoms with E-state index in [0.717, 1.165) is 0 Å². The van der Waals surface area contributed by atoms with Crippen LogP contribution in [0.3, 0.4) is 0 Å². The predicted octanol–water partition coefficient (Wildman–Crippen LogP) is 3.35. The number of hydrogen-bond acceptors (Lipinski definition) is 3. The van der Waals surface area contributed by atoms with Gasteiger partial charge < -0.3 is 0 Å². The fraction of sp³-hybridized carbons (Fsp3) is 0. The molecule has 0 aliphatic rings. The van der Waals surface area contributed by atoms with E-state index >= 15 is 0 Å². The highest BCUT2D eigenvalue weighted by atomic mass is 79.9. The fourth-order valence-corrected chi connectivity index (χ4v) is 2.23. The molecule has 0 saturated heterocycles. The molecule has 7 heteroatoms. The van der Waals surface area contributed by atoms with E-state index in [1.807, 2.05) is 0 Å². The minimum atomic E-state index is -0.363. The molecule has 0 fully saturated rings. The summed E-state index contributed by atoms with van der Waals surface area (Å²) in [5, 5.41) is 12.4. The van der Waals surface area contributed by atoms with Crippen LogP contribution >= 0.6 is 27.5 Å². The smallest absolute Gasteiger partial charge is 0.185 e. The maximum atomic E-state index is 13.4. The van der Waals surface area contributed by atoms with E-state index in [2.05, 4.69) is 31.2 Å². The van der Waals surface area contributed by atoms with Gasteiger partial charge in [0.05, 0.1) is 0 Å². The van der Waals surface area contributed by atoms with Gasteiger partial charge in [-0.25, -0.2) is 4.39 Å². The first-order valence-electron chi connectivity index (χ1n) is 4.98. The van der Waals surface area contributed by atoms with Gasteiger partial charge in [0.25, 0.3) is 0 Å². The molecule has 0 aliphatic heterocycles. The van der Waals surface area contributed by atoms with Gasteiger partial charge in [0.2, 0.25) is 0 Å². The zero-order valence-electron chi connectivity index (χ0n) is 8.81. The number of fused-ring (bicyclic) bond motifs is 1. The Bertz CT molecular complexity index is 723. The van der Waals surface area contributed by atoms with E-state index in [0.29, 0.717) is 26.7 Å². The molecule has 0 atom stereocenters. The highest BCUT2D eigenvalue weighted by molar-refractivity contribution is 9.10. The van der Waals surface area contributed by atoms with Crippen molar-refractivity contribution in [3.05, 3.63) is 45.8 Å². The van der Waals surface area contributed by atoms with Crippen LogP contribution in [-0.4, -0.2) is 19.8 Å². The molecule has 0 N–H and O–H groups in total. The molecule has 0 amide bonds. The molecule has 0 radical (unpaired) electrons. The van der Waals surface area contributed by atoms with E-state index in [1.165, 1.54) is 16.6 Å². The Labute approximate surface area is 115 Å². The van der Waals surface area contributed by atoms with Crippen molar-refractivity contribution in [2.75, 3.05) is 0 Å². The number of nitrogens with zero attached hydrogens (tertiary/aromatic N) is 4. The largest absolute Gasteiger partial charge is 0.207 e. The van der Waals surface area contributed by atoms with Crippen LogP contribution in [0.1, 0.15) is 0 Å². The van der Waals surface area contributed by atoms with Crippen LogP contribution in [0.15, 0.2) is 34.8 Å². The first-order chi connectivity index (χ1) is 8.63. The SMILES string of the molecule is Fc1cc(Br)cc(-c2nnc3ccc(Cl)nn23)c1. The van der Waals surface area contributed by atoms with E-state index in [-0.39, 0.29) is 5.82 Å². The van der Waals surface area contributed by atoms with E-state index in [1.54, 1.807) is 18.2 Å². The lowest BCUT2D eigenvalue weighted by Gasteiger charge is -2.01. The summed E-state index contributed by atoms with van der Waals surface area (Å²) in [6.07, 6.45) is 0. The lowest BCUT2D eigenvalue weighted by molar-refractivity contribution is 0.627. The maximum Gasteiger partial charge on any atom is 0.185 e. The third-order valence-corrected chi connectivity index (χ3v) is 3.01. The molecule has 3 aromatic rings. The van der Waals surface area contributed by atoms with Gasteiger partial charge in [0.1, 0.15) is 11.0 Å². The molecule has 4 nitrogen and oxygen atoms in total. The third-order valence-electron chi connectivity index (χ3n) is 2.35. The average Bonchev–Trinajstić information content (AvgIpc) is 2.70. The van der Waals surface area contributed by atoms with Crippen LogP contribution in [0.2, 0.25) is 5.15 Å². The summed E-state index contributed by atoms with van der Waals surface area (Å²) in [5.74, 6) is 0.0749. The van der Waals surface area contributed by atoms with Crippen LogP contribution < -0.4 is 0 Å². The first-order valence-corrected chi connectivity index (χ1v) is 6.15. The van der Waals surface area contributed by atoms with Crippen LogP contribution in [0.5, 0.6) is 0 Å². The second kappa shape index (κ2) is 4.29. The van der Waals surface area contributed by atoms with Crippen molar-refractivity contribution >= 4 is 33.2 Å². The van der Waals surface area contributed by atoms with Crippen LogP contribution in [0.25, 0.3) is 17.0 Å². The van der Waals surface area contributed by atoms with E-state index in [9.17, 15) is 4.39 Å². The summed E-state index contributed by atoms with van der Waals surface area (Å²) in [6.45, 7) is 0. The molecule has 90 valence electrons. The van der Waals surface area contributed by atoms with Crippen molar-refractivity contribution < 1.29 is 4.39 Å². The lowest BCUT2D eigenvalue weighted by atomic mass is 10.2. The Balaban J connectivity index is 2.27.